The van der Waals surface area contributed by atoms with E-state index in [1.165, 1.54) is 0 Å². The highest BCUT2D eigenvalue weighted by Crippen LogP contribution is 2.37. The predicted octanol–water partition coefficient (Wildman–Crippen LogP) is 5.43. The van der Waals surface area contributed by atoms with Crippen LogP contribution in [0.25, 0.3) is 10.9 Å². The van der Waals surface area contributed by atoms with Crippen LogP contribution in [0.4, 0.5) is 10.1 Å². The van der Waals surface area contributed by atoms with E-state index in [4.69, 9.17) is 23.2 Å². The number of nitrogens with zero attached hydrogens (tertiary/aromatic N) is 2. The highest BCUT2D eigenvalue weighted by atomic mass is 35.5. The minimum Gasteiger partial charge on any atom is -0.476 e. The van der Waals surface area contributed by atoms with Crippen LogP contribution in [0.3, 0.4) is 0 Å². The second kappa shape index (κ2) is 7.71. The Balaban J connectivity index is 2.37. The van der Waals surface area contributed by atoms with Gasteiger partial charge in [-0.2, -0.15) is 0 Å². The summed E-state index contributed by atoms with van der Waals surface area (Å²) >= 11 is 12.7. The van der Waals surface area contributed by atoms with Crippen molar-refractivity contribution in [1.82, 2.24) is 4.98 Å². The molecule has 0 saturated heterocycles. The number of halogens is 3. The van der Waals surface area contributed by atoms with Crippen molar-refractivity contribution < 1.29 is 14.3 Å². The molecule has 4 nitrogen and oxygen atoms in total. The average Bonchev–Trinajstić information content (AvgIpc) is 2.64. The van der Waals surface area contributed by atoms with Gasteiger partial charge in [0.15, 0.2) is 11.5 Å². The van der Waals surface area contributed by atoms with Crippen molar-refractivity contribution in [3.63, 3.8) is 0 Å². The number of carboxylic acid groups (broad SMARTS) is 1. The van der Waals surface area contributed by atoms with Crippen LogP contribution >= 0.6 is 23.2 Å². The quantitative estimate of drug-likeness (QED) is 0.613. The van der Waals surface area contributed by atoms with E-state index in [2.05, 4.69) is 4.98 Å². The Labute approximate surface area is 166 Å². The van der Waals surface area contributed by atoms with Crippen LogP contribution in [0.1, 0.15) is 28.5 Å². The Morgan fingerprint density at radius 2 is 1.89 bits per heavy atom. The molecule has 0 bridgehead atoms. The van der Waals surface area contributed by atoms with Crippen LogP contribution in [0.5, 0.6) is 0 Å². The van der Waals surface area contributed by atoms with Gasteiger partial charge < -0.3 is 10.0 Å². The van der Waals surface area contributed by atoms with Crippen molar-refractivity contribution >= 4 is 45.8 Å². The van der Waals surface area contributed by atoms with Crippen molar-refractivity contribution in [2.24, 2.45) is 0 Å². The normalized spacial score (nSPS) is 11.0. The maximum Gasteiger partial charge on any atom is 0.357 e. The molecule has 0 aliphatic heterocycles. The monoisotopic (exact) mass is 406 g/mol. The Morgan fingerprint density at radius 1 is 1.19 bits per heavy atom. The lowest BCUT2D eigenvalue weighted by atomic mass is 9.98. The maximum atomic E-state index is 15.1. The van der Waals surface area contributed by atoms with Crippen LogP contribution in [0.15, 0.2) is 36.4 Å². The van der Waals surface area contributed by atoms with Crippen molar-refractivity contribution in [2.45, 2.75) is 13.3 Å². The first-order chi connectivity index (χ1) is 12.8. The number of benzene rings is 2. The number of aromatic carboxylic acids is 1. The first-order valence-electron chi connectivity index (χ1n) is 8.33. The smallest absolute Gasteiger partial charge is 0.357 e. The molecule has 1 N–H and O–H groups in total. The lowest BCUT2D eigenvalue weighted by molar-refractivity contribution is 0.0685. The summed E-state index contributed by atoms with van der Waals surface area (Å²) < 4.78 is 15.1. The molecule has 7 heteroatoms. The molecule has 0 spiro atoms. The Kier molecular flexibility index (Phi) is 5.53. The predicted molar refractivity (Wildman–Crippen MR) is 107 cm³/mol. The first kappa shape index (κ1) is 19.4. The van der Waals surface area contributed by atoms with Gasteiger partial charge in [0.2, 0.25) is 0 Å². The van der Waals surface area contributed by atoms with Crippen molar-refractivity contribution in [3.05, 3.63) is 69.1 Å². The molecule has 3 rings (SSSR count). The van der Waals surface area contributed by atoms with E-state index in [1.54, 1.807) is 30.1 Å². The number of hydrogen-bond acceptors (Lipinski definition) is 3. The lowest BCUT2D eigenvalue weighted by Crippen LogP contribution is -2.20. The van der Waals surface area contributed by atoms with E-state index < -0.39 is 17.5 Å². The molecule has 0 atom stereocenters. The summed E-state index contributed by atoms with van der Waals surface area (Å²) in [4.78, 5) is 17.1. The molecular formula is C20H17Cl2FN2O2. The van der Waals surface area contributed by atoms with E-state index in [0.29, 0.717) is 39.5 Å². The fraction of sp³-hybridized carbons (Fsp3) is 0.200. The van der Waals surface area contributed by atoms with Crippen molar-refractivity contribution in [2.75, 3.05) is 18.5 Å². The number of fused-ring (bicyclic) bond motifs is 1. The largest absolute Gasteiger partial charge is 0.476 e. The summed E-state index contributed by atoms with van der Waals surface area (Å²) in [5.41, 5.74) is 1.42. The molecule has 0 aliphatic rings. The molecule has 27 heavy (non-hydrogen) atoms. The number of pyridine rings is 1. The van der Waals surface area contributed by atoms with Gasteiger partial charge in [-0.05, 0) is 36.2 Å². The molecule has 3 aromatic rings. The summed E-state index contributed by atoms with van der Waals surface area (Å²) in [6.45, 7) is 2.33. The second-order valence-corrected chi connectivity index (χ2v) is 6.94. The molecular weight excluding hydrogens is 390 g/mol. The number of anilines is 1. The summed E-state index contributed by atoms with van der Waals surface area (Å²) in [5, 5.41) is 10.8. The zero-order valence-corrected chi connectivity index (χ0v) is 16.3. The average molecular weight is 407 g/mol. The maximum absolute atomic E-state index is 15.1. The van der Waals surface area contributed by atoms with Gasteiger partial charge in [-0.25, -0.2) is 14.2 Å². The van der Waals surface area contributed by atoms with E-state index in [1.807, 2.05) is 25.1 Å². The second-order valence-electron chi connectivity index (χ2n) is 6.13. The highest BCUT2D eigenvalue weighted by molar-refractivity contribution is 6.33. The number of rotatable bonds is 5. The van der Waals surface area contributed by atoms with E-state index in [0.717, 1.165) is 5.56 Å². The molecule has 0 unspecified atom stereocenters. The highest BCUT2D eigenvalue weighted by Gasteiger charge is 2.25. The molecule has 1 aromatic heterocycles. The molecule has 0 fully saturated rings. The molecule has 2 aromatic carbocycles. The Bertz CT molecular complexity index is 1040. The lowest BCUT2D eigenvalue weighted by Gasteiger charge is -2.23. The Morgan fingerprint density at radius 3 is 2.52 bits per heavy atom. The third-order valence-corrected chi connectivity index (χ3v) is 5.23. The third kappa shape index (κ3) is 3.57. The van der Waals surface area contributed by atoms with Gasteiger partial charge in [-0.1, -0.05) is 41.4 Å². The number of carbonyl (C=O) groups is 1. The summed E-state index contributed by atoms with van der Waals surface area (Å²) in [6.07, 6.45) is 0.369. The topological polar surface area (TPSA) is 53.4 Å². The van der Waals surface area contributed by atoms with Gasteiger partial charge in [0.25, 0.3) is 0 Å². The SMILES string of the molecule is CCN(C)c1c(F)c(C(=O)O)nc2ccc(Cl)c(Cc3ccccc3Cl)c12. The summed E-state index contributed by atoms with van der Waals surface area (Å²) in [7, 11) is 1.70. The molecule has 1 heterocycles. The van der Waals surface area contributed by atoms with Gasteiger partial charge >= 0.3 is 5.97 Å². The molecule has 0 saturated carbocycles. The minimum absolute atomic E-state index is 0.171. The minimum atomic E-state index is -1.41. The summed E-state index contributed by atoms with van der Waals surface area (Å²) in [6, 6.07) is 10.6. The molecule has 0 aliphatic carbocycles. The van der Waals surface area contributed by atoms with Crippen LogP contribution in [-0.4, -0.2) is 29.7 Å². The molecule has 140 valence electrons. The van der Waals surface area contributed by atoms with Gasteiger partial charge in [0.1, 0.15) is 0 Å². The molecule has 0 radical (unpaired) electrons. The fourth-order valence-corrected chi connectivity index (χ4v) is 3.45. The van der Waals surface area contributed by atoms with E-state index in [-0.39, 0.29) is 5.69 Å². The number of hydrogen-bond donors (Lipinski definition) is 1. The van der Waals surface area contributed by atoms with Gasteiger partial charge in [0, 0.05) is 35.4 Å². The number of aromatic nitrogens is 1. The summed E-state index contributed by atoms with van der Waals surface area (Å²) in [5.74, 6) is -2.29. The van der Waals surface area contributed by atoms with Gasteiger partial charge in [-0.15, -0.1) is 0 Å². The standard InChI is InChI=1S/C20H17Cl2FN2O2/c1-3-25(2)19-16-12(10-11-6-4-5-7-13(11)21)14(22)8-9-15(16)24-18(17(19)23)20(26)27/h4-9H,3,10H2,1-2H3,(H,26,27). The number of carboxylic acids is 1. The zero-order chi connectivity index (χ0) is 19.7. The van der Waals surface area contributed by atoms with Crippen molar-refractivity contribution in [3.8, 4) is 0 Å². The van der Waals surface area contributed by atoms with Gasteiger partial charge in [0.05, 0.1) is 11.2 Å². The van der Waals surface area contributed by atoms with Crippen LogP contribution in [-0.2, 0) is 6.42 Å². The van der Waals surface area contributed by atoms with Crippen LogP contribution in [0, 0.1) is 5.82 Å². The van der Waals surface area contributed by atoms with Crippen LogP contribution in [0.2, 0.25) is 10.0 Å². The zero-order valence-electron chi connectivity index (χ0n) is 14.8. The van der Waals surface area contributed by atoms with E-state index in [9.17, 15) is 9.90 Å². The van der Waals surface area contributed by atoms with Gasteiger partial charge in [-0.3, -0.25) is 0 Å². The van der Waals surface area contributed by atoms with E-state index >= 15 is 4.39 Å². The first-order valence-corrected chi connectivity index (χ1v) is 9.09. The third-order valence-electron chi connectivity index (χ3n) is 4.50. The Hall–Kier alpha value is -2.37. The van der Waals surface area contributed by atoms with Crippen molar-refractivity contribution in [1.29, 1.82) is 0 Å². The van der Waals surface area contributed by atoms with Crippen LogP contribution < -0.4 is 4.90 Å². The fourth-order valence-electron chi connectivity index (χ4n) is 3.02. The molecule has 0 amide bonds.